The molecule has 1 saturated heterocycles. The van der Waals surface area contributed by atoms with Crippen LogP contribution in [0.15, 0.2) is 18.2 Å². The van der Waals surface area contributed by atoms with E-state index in [1.54, 1.807) is 4.31 Å². The topological polar surface area (TPSA) is 46.6 Å². The maximum absolute atomic E-state index is 12.7. The van der Waals surface area contributed by atoms with Crippen LogP contribution in [0.25, 0.3) is 0 Å². The van der Waals surface area contributed by atoms with Crippen LogP contribution in [0.5, 0.6) is 0 Å². The third kappa shape index (κ3) is 3.78. The van der Waals surface area contributed by atoms with E-state index in [1.165, 1.54) is 11.1 Å². The first-order valence-electron chi connectivity index (χ1n) is 8.43. The molecule has 5 heteroatoms. The van der Waals surface area contributed by atoms with Crippen LogP contribution in [-0.2, 0) is 33.1 Å². The Kier molecular flexibility index (Phi) is 4.55. The Morgan fingerprint density at radius 2 is 2.04 bits per heavy atom. The van der Waals surface area contributed by atoms with Gasteiger partial charge in [-0.15, -0.1) is 0 Å². The number of sulfonamides is 1. The van der Waals surface area contributed by atoms with Crippen LogP contribution in [-0.4, -0.2) is 38.2 Å². The first-order valence-corrected chi connectivity index (χ1v) is 10.0. The molecule has 23 heavy (non-hydrogen) atoms. The van der Waals surface area contributed by atoms with Gasteiger partial charge >= 0.3 is 0 Å². The summed E-state index contributed by atoms with van der Waals surface area (Å²) in [7, 11) is -3.20. The Labute approximate surface area is 139 Å². The van der Waals surface area contributed by atoms with Gasteiger partial charge in [0.05, 0.1) is 12.4 Å². The summed E-state index contributed by atoms with van der Waals surface area (Å²) >= 11 is 0. The van der Waals surface area contributed by atoms with Gasteiger partial charge in [0.25, 0.3) is 0 Å². The smallest absolute Gasteiger partial charge is 0.214 e. The molecular weight excluding hydrogens is 310 g/mol. The highest BCUT2D eigenvalue weighted by atomic mass is 32.2. The Bertz CT molecular complexity index is 670. The molecule has 0 radical (unpaired) electrons. The van der Waals surface area contributed by atoms with Crippen molar-refractivity contribution in [1.29, 1.82) is 0 Å². The lowest BCUT2D eigenvalue weighted by Crippen LogP contribution is -2.39. The molecule has 0 saturated carbocycles. The molecule has 0 N–H and O–H groups in total. The van der Waals surface area contributed by atoms with Crippen molar-refractivity contribution in [2.75, 3.05) is 25.5 Å². The summed E-state index contributed by atoms with van der Waals surface area (Å²) in [6, 6.07) is 6.54. The predicted molar refractivity (Wildman–Crippen MR) is 92.0 cm³/mol. The van der Waals surface area contributed by atoms with Crippen molar-refractivity contribution in [3.8, 4) is 0 Å². The molecule has 0 unspecified atom stereocenters. The van der Waals surface area contributed by atoms with Gasteiger partial charge in [0, 0.05) is 19.7 Å². The van der Waals surface area contributed by atoms with E-state index >= 15 is 0 Å². The summed E-state index contributed by atoms with van der Waals surface area (Å²) in [5.74, 6) is 0.378. The van der Waals surface area contributed by atoms with Crippen molar-refractivity contribution in [1.82, 2.24) is 4.31 Å². The number of fused-ring (bicyclic) bond motifs is 1. The first kappa shape index (κ1) is 16.9. The van der Waals surface area contributed by atoms with Gasteiger partial charge in [0.15, 0.2) is 0 Å². The Morgan fingerprint density at radius 1 is 1.26 bits per heavy atom. The number of benzene rings is 1. The van der Waals surface area contributed by atoms with Crippen LogP contribution in [0, 0.1) is 5.92 Å². The molecule has 1 aromatic carbocycles. The molecule has 0 bridgehead atoms. The van der Waals surface area contributed by atoms with Gasteiger partial charge in [0.2, 0.25) is 10.0 Å². The zero-order valence-electron chi connectivity index (χ0n) is 14.3. The van der Waals surface area contributed by atoms with Gasteiger partial charge in [-0.25, -0.2) is 8.42 Å². The zero-order valence-corrected chi connectivity index (χ0v) is 15.2. The fourth-order valence-electron chi connectivity index (χ4n) is 3.35. The van der Waals surface area contributed by atoms with Gasteiger partial charge in [0.1, 0.15) is 0 Å². The molecular formula is C18H27NO3S. The van der Waals surface area contributed by atoms with Crippen LogP contribution >= 0.6 is 0 Å². The van der Waals surface area contributed by atoms with Gasteiger partial charge in [-0.1, -0.05) is 39.0 Å². The molecule has 4 nitrogen and oxygen atoms in total. The molecule has 0 amide bonds. The minimum Gasteiger partial charge on any atom is -0.381 e. The van der Waals surface area contributed by atoms with Crippen LogP contribution in [0.4, 0.5) is 0 Å². The SMILES string of the molecule is CC(C)(C)c1ccc2c(c1)CN(S(=O)(=O)C[C@@H]1CCOC1)CC2. The number of rotatable bonds is 3. The molecule has 1 fully saturated rings. The standard InChI is InChI=1S/C18H27NO3S/c1-18(2,3)17-5-4-15-6-8-19(11-16(15)10-17)23(20,21)13-14-7-9-22-12-14/h4-5,10,14H,6-9,11-13H2,1-3H3/t14-/m1/s1. The van der Waals surface area contributed by atoms with Gasteiger partial charge in [-0.2, -0.15) is 4.31 Å². The summed E-state index contributed by atoms with van der Waals surface area (Å²) in [6.07, 6.45) is 1.66. The lowest BCUT2D eigenvalue weighted by atomic mass is 9.84. The number of ether oxygens (including phenoxy) is 1. The second-order valence-electron chi connectivity index (χ2n) is 7.83. The van der Waals surface area contributed by atoms with E-state index in [1.807, 2.05) is 0 Å². The van der Waals surface area contributed by atoms with Crippen molar-refractivity contribution in [2.45, 2.75) is 45.6 Å². The van der Waals surface area contributed by atoms with Crippen molar-refractivity contribution < 1.29 is 13.2 Å². The molecule has 2 aliphatic heterocycles. The molecule has 1 atom stereocenters. The summed E-state index contributed by atoms with van der Waals surface area (Å²) < 4.78 is 32.4. The van der Waals surface area contributed by atoms with Crippen molar-refractivity contribution in [3.63, 3.8) is 0 Å². The third-order valence-corrected chi connectivity index (χ3v) is 6.90. The summed E-state index contributed by atoms with van der Waals surface area (Å²) in [5.41, 5.74) is 3.79. The van der Waals surface area contributed by atoms with E-state index < -0.39 is 10.0 Å². The Balaban J connectivity index is 1.78. The van der Waals surface area contributed by atoms with Crippen LogP contribution < -0.4 is 0 Å². The molecule has 1 aromatic rings. The number of nitrogens with zero attached hydrogens (tertiary/aromatic N) is 1. The lowest BCUT2D eigenvalue weighted by molar-refractivity contribution is 0.188. The predicted octanol–water partition coefficient (Wildman–Crippen LogP) is 2.71. The summed E-state index contributed by atoms with van der Waals surface area (Å²) in [4.78, 5) is 0. The summed E-state index contributed by atoms with van der Waals surface area (Å²) in [5, 5.41) is 0. The lowest BCUT2D eigenvalue weighted by Gasteiger charge is -2.30. The van der Waals surface area contributed by atoms with E-state index in [0.29, 0.717) is 26.3 Å². The van der Waals surface area contributed by atoms with Gasteiger partial charge in [-0.3, -0.25) is 0 Å². The van der Waals surface area contributed by atoms with Gasteiger partial charge in [-0.05, 0) is 40.9 Å². The van der Waals surface area contributed by atoms with E-state index in [9.17, 15) is 8.42 Å². The highest BCUT2D eigenvalue weighted by molar-refractivity contribution is 7.89. The van der Waals surface area contributed by atoms with E-state index in [0.717, 1.165) is 18.4 Å². The molecule has 2 aliphatic rings. The first-order chi connectivity index (χ1) is 10.8. The minimum atomic E-state index is -3.20. The Morgan fingerprint density at radius 3 is 2.70 bits per heavy atom. The van der Waals surface area contributed by atoms with Crippen molar-refractivity contribution in [3.05, 3.63) is 34.9 Å². The fourth-order valence-corrected chi connectivity index (χ4v) is 5.13. The average Bonchev–Trinajstić information content (AvgIpc) is 2.97. The van der Waals surface area contributed by atoms with Crippen molar-refractivity contribution >= 4 is 10.0 Å². The molecule has 3 rings (SSSR count). The summed E-state index contributed by atoms with van der Waals surface area (Å²) in [6.45, 7) is 8.94. The number of hydrogen-bond donors (Lipinski definition) is 0. The van der Waals surface area contributed by atoms with Crippen LogP contribution in [0.3, 0.4) is 0 Å². The zero-order chi connectivity index (χ0) is 16.7. The van der Waals surface area contributed by atoms with Crippen molar-refractivity contribution in [2.24, 2.45) is 5.92 Å². The molecule has 0 aliphatic carbocycles. The van der Waals surface area contributed by atoms with Gasteiger partial charge < -0.3 is 4.74 Å². The third-order valence-electron chi connectivity index (χ3n) is 4.91. The second-order valence-corrected chi connectivity index (χ2v) is 9.84. The number of hydrogen-bond acceptors (Lipinski definition) is 3. The maximum atomic E-state index is 12.7. The van der Waals surface area contributed by atoms with E-state index in [-0.39, 0.29) is 17.1 Å². The van der Waals surface area contributed by atoms with E-state index in [4.69, 9.17) is 4.74 Å². The molecule has 2 heterocycles. The highest BCUT2D eigenvalue weighted by Crippen LogP contribution is 2.29. The van der Waals surface area contributed by atoms with Crippen LogP contribution in [0.2, 0.25) is 0 Å². The minimum absolute atomic E-state index is 0.0807. The Hall–Kier alpha value is -0.910. The molecule has 0 spiro atoms. The normalized spacial score (nSPS) is 23.0. The molecule has 128 valence electrons. The maximum Gasteiger partial charge on any atom is 0.214 e. The van der Waals surface area contributed by atoms with Crippen LogP contribution in [0.1, 0.15) is 43.9 Å². The monoisotopic (exact) mass is 337 g/mol. The largest absolute Gasteiger partial charge is 0.381 e. The fraction of sp³-hybridized carbons (Fsp3) is 0.667. The second kappa shape index (κ2) is 6.19. The quantitative estimate of drug-likeness (QED) is 0.852. The van der Waals surface area contributed by atoms with E-state index in [2.05, 4.69) is 39.0 Å². The average molecular weight is 337 g/mol. The highest BCUT2D eigenvalue weighted by Gasteiger charge is 2.31. The molecule has 0 aromatic heterocycles.